The second-order valence-electron chi connectivity index (χ2n) is 4.12. The molecule has 1 aromatic carbocycles. The summed E-state index contributed by atoms with van der Waals surface area (Å²) in [5.41, 5.74) is 0.329. The fourth-order valence-corrected chi connectivity index (χ4v) is 3.06. The molecule has 1 N–H and O–H groups in total. The molecule has 104 valence electrons. The van der Waals surface area contributed by atoms with E-state index in [0.29, 0.717) is 14.8 Å². The molecule has 0 aliphatic rings. The van der Waals surface area contributed by atoms with Crippen LogP contribution in [0.1, 0.15) is 16.4 Å². The van der Waals surface area contributed by atoms with Gasteiger partial charge in [-0.15, -0.1) is 11.3 Å². The Hall–Kier alpha value is -1.92. The predicted molar refractivity (Wildman–Crippen MR) is 76.5 cm³/mol. The minimum absolute atomic E-state index is 0.0589. The van der Waals surface area contributed by atoms with Gasteiger partial charge in [-0.3, -0.25) is 14.9 Å². The monoisotopic (exact) mass is 311 g/mol. The summed E-state index contributed by atoms with van der Waals surface area (Å²) in [6.45, 7) is 0. The number of carboxylic acid groups (broad SMARTS) is 1. The van der Waals surface area contributed by atoms with Crippen LogP contribution in [0.3, 0.4) is 0 Å². The lowest BCUT2D eigenvalue weighted by molar-refractivity contribution is -0.385. The fourth-order valence-electron chi connectivity index (χ4n) is 1.91. The van der Waals surface area contributed by atoms with Crippen LogP contribution < -0.4 is 0 Å². The Balaban J connectivity index is 2.34. The van der Waals surface area contributed by atoms with Crippen molar-refractivity contribution in [3.05, 3.63) is 61.3 Å². The SMILES string of the molecule is O=C(O)C(Cc1ccccc1[N+](=O)[O-])c1ccc(Cl)s1. The van der Waals surface area contributed by atoms with Crippen LogP contribution in [0.2, 0.25) is 4.34 Å². The van der Waals surface area contributed by atoms with Gasteiger partial charge >= 0.3 is 5.97 Å². The van der Waals surface area contributed by atoms with Crippen LogP contribution in [-0.2, 0) is 11.2 Å². The molecule has 0 spiro atoms. The lowest BCUT2D eigenvalue weighted by Crippen LogP contribution is -2.14. The van der Waals surface area contributed by atoms with E-state index in [1.54, 1.807) is 30.3 Å². The zero-order valence-corrected chi connectivity index (χ0v) is 11.7. The Kier molecular flexibility index (Phi) is 4.36. The van der Waals surface area contributed by atoms with Gasteiger partial charge in [0.05, 0.1) is 15.2 Å². The van der Waals surface area contributed by atoms with Gasteiger partial charge in [-0.05, 0) is 18.6 Å². The average molecular weight is 312 g/mol. The van der Waals surface area contributed by atoms with Crippen molar-refractivity contribution in [2.24, 2.45) is 0 Å². The number of nitrogens with zero attached hydrogens (tertiary/aromatic N) is 1. The molecule has 5 nitrogen and oxygen atoms in total. The molecule has 7 heteroatoms. The number of hydrogen-bond donors (Lipinski definition) is 1. The van der Waals surface area contributed by atoms with Crippen LogP contribution >= 0.6 is 22.9 Å². The number of nitro benzene ring substituents is 1. The lowest BCUT2D eigenvalue weighted by Gasteiger charge is -2.10. The zero-order chi connectivity index (χ0) is 14.7. The van der Waals surface area contributed by atoms with E-state index in [1.807, 2.05) is 0 Å². The van der Waals surface area contributed by atoms with E-state index in [4.69, 9.17) is 11.6 Å². The molecule has 1 atom stereocenters. The summed E-state index contributed by atoms with van der Waals surface area (Å²) in [7, 11) is 0. The van der Waals surface area contributed by atoms with E-state index >= 15 is 0 Å². The molecule has 0 saturated heterocycles. The summed E-state index contributed by atoms with van der Waals surface area (Å²) in [4.78, 5) is 22.4. The van der Waals surface area contributed by atoms with Crippen LogP contribution in [0.25, 0.3) is 0 Å². The van der Waals surface area contributed by atoms with Crippen LogP contribution in [0, 0.1) is 10.1 Å². The molecule has 20 heavy (non-hydrogen) atoms. The van der Waals surface area contributed by atoms with Gasteiger partial charge < -0.3 is 5.11 Å². The first-order chi connectivity index (χ1) is 9.49. The highest BCUT2D eigenvalue weighted by Crippen LogP contribution is 2.32. The van der Waals surface area contributed by atoms with E-state index in [-0.39, 0.29) is 12.1 Å². The number of para-hydroxylation sites is 1. The van der Waals surface area contributed by atoms with E-state index in [1.165, 1.54) is 17.4 Å². The van der Waals surface area contributed by atoms with Gasteiger partial charge in [-0.2, -0.15) is 0 Å². The third kappa shape index (κ3) is 3.15. The molecule has 1 aromatic heterocycles. The number of carboxylic acids is 1. The molecule has 0 amide bonds. The lowest BCUT2D eigenvalue weighted by atomic mass is 9.97. The second kappa shape index (κ2) is 6.02. The Morgan fingerprint density at radius 1 is 1.35 bits per heavy atom. The zero-order valence-electron chi connectivity index (χ0n) is 10.2. The summed E-state index contributed by atoms with van der Waals surface area (Å²) in [6.07, 6.45) is 0.0589. The predicted octanol–water partition coefficient (Wildman–Crippen LogP) is 3.72. The largest absolute Gasteiger partial charge is 0.481 e. The minimum atomic E-state index is -1.03. The fraction of sp³-hybridized carbons (Fsp3) is 0.154. The number of carbonyl (C=O) groups is 1. The molecule has 0 aliphatic heterocycles. The third-order valence-electron chi connectivity index (χ3n) is 2.85. The van der Waals surface area contributed by atoms with Gasteiger partial charge in [0.2, 0.25) is 0 Å². The van der Waals surface area contributed by atoms with Crippen LogP contribution in [0.15, 0.2) is 36.4 Å². The molecule has 1 heterocycles. The number of benzene rings is 1. The Bertz CT molecular complexity index is 655. The Morgan fingerprint density at radius 2 is 2.05 bits per heavy atom. The van der Waals surface area contributed by atoms with Crippen molar-refractivity contribution in [1.82, 2.24) is 0 Å². The number of rotatable bonds is 5. The van der Waals surface area contributed by atoms with Gasteiger partial charge in [0, 0.05) is 16.5 Å². The van der Waals surface area contributed by atoms with E-state index in [9.17, 15) is 20.0 Å². The highest BCUT2D eigenvalue weighted by molar-refractivity contribution is 7.16. The van der Waals surface area contributed by atoms with Gasteiger partial charge in [0.25, 0.3) is 5.69 Å². The number of aliphatic carboxylic acids is 1. The molecule has 0 aliphatic carbocycles. The second-order valence-corrected chi connectivity index (χ2v) is 5.87. The molecule has 1 unspecified atom stereocenters. The van der Waals surface area contributed by atoms with Crippen molar-refractivity contribution < 1.29 is 14.8 Å². The molecular weight excluding hydrogens is 302 g/mol. The highest BCUT2D eigenvalue weighted by atomic mass is 35.5. The van der Waals surface area contributed by atoms with Crippen molar-refractivity contribution in [1.29, 1.82) is 0 Å². The minimum Gasteiger partial charge on any atom is -0.481 e. The van der Waals surface area contributed by atoms with Crippen molar-refractivity contribution in [3.8, 4) is 0 Å². The number of nitro groups is 1. The standard InChI is InChI=1S/C13H10ClNO4S/c14-12-6-5-11(20-12)9(13(16)17)7-8-3-1-2-4-10(8)15(18)19/h1-6,9H,7H2,(H,16,17). The smallest absolute Gasteiger partial charge is 0.312 e. The molecule has 2 aromatic rings. The highest BCUT2D eigenvalue weighted by Gasteiger charge is 2.25. The van der Waals surface area contributed by atoms with E-state index < -0.39 is 16.8 Å². The van der Waals surface area contributed by atoms with E-state index in [0.717, 1.165) is 0 Å². The normalized spacial score (nSPS) is 12.1. The van der Waals surface area contributed by atoms with Crippen molar-refractivity contribution >= 4 is 34.6 Å². The first-order valence-corrected chi connectivity index (χ1v) is 6.89. The molecule has 0 fully saturated rings. The summed E-state index contributed by atoms with van der Waals surface area (Å²) in [5, 5.41) is 20.3. The summed E-state index contributed by atoms with van der Waals surface area (Å²) < 4.78 is 0.494. The third-order valence-corrected chi connectivity index (χ3v) is 4.19. The van der Waals surface area contributed by atoms with E-state index in [2.05, 4.69) is 0 Å². The first kappa shape index (κ1) is 14.5. The van der Waals surface area contributed by atoms with Crippen molar-refractivity contribution in [3.63, 3.8) is 0 Å². The molecule has 2 rings (SSSR count). The van der Waals surface area contributed by atoms with Gasteiger partial charge in [-0.1, -0.05) is 29.8 Å². The Morgan fingerprint density at radius 3 is 2.60 bits per heavy atom. The van der Waals surface area contributed by atoms with Gasteiger partial charge in [0.15, 0.2) is 0 Å². The van der Waals surface area contributed by atoms with Gasteiger partial charge in [0.1, 0.15) is 0 Å². The maximum Gasteiger partial charge on any atom is 0.312 e. The topological polar surface area (TPSA) is 80.4 Å². The molecule has 0 radical (unpaired) electrons. The van der Waals surface area contributed by atoms with Crippen LogP contribution in [-0.4, -0.2) is 16.0 Å². The summed E-state index contributed by atoms with van der Waals surface area (Å²) >= 11 is 6.98. The maximum absolute atomic E-state index is 11.4. The quantitative estimate of drug-likeness (QED) is 0.674. The first-order valence-electron chi connectivity index (χ1n) is 5.69. The summed E-state index contributed by atoms with van der Waals surface area (Å²) in [5.74, 6) is -1.87. The molecular formula is C13H10ClNO4S. The number of thiophene rings is 1. The summed E-state index contributed by atoms with van der Waals surface area (Å²) in [6, 6.07) is 9.42. The number of hydrogen-bond acceptors (Lipinski definition) is 4. The average Bonchev–Trinajstić information content (AvgIpc) is 2.82. The number of halogens is 1. The molecule has 0 saturated carbocycles. The van der Waals surface area contributed by atoms with Gasteiger partial charge in [-0.25, -0.2) is 0 Å². The maximum atomic E-state index is 11.4. The molecule has 0 bridgehead atoms. The van der Waals surface area contributed by atoms with Crippen LogP contribution in [0.5, 0.6) is 0 Å². The Labute approximate surface area is 123 Å². The van der Waals surface area contributed by atoms with Crippen molar-refractivity contribution in [2.75, 3.05) is 0 Å². The van der Waals surface area contributed by atoms with Crippen molar-refractivity contribution in [2.45, 2.75) is 12.3 Å². The van der Waals surface area contributed by atoms with Crippen LogP contribution in [0.4, 0.5) is 5.69 Å².